The van der Waals surface area contributed by atoms with Gasteiger partial charge in [0.1, 0.15) is 0 Å². The van der Waals surface area contributed by atoms with Crippen LogP contribution in [0, 0.1) is 0 Å². The number of rotatable bonds is 1. The Labute approximate surface area is 63.0 Å². The van der Waals surface area contributed by atoms with Gasteiger partial charge in [-0.25, -0.2) is 4.79 Å². The first-order chi connectivity index (χ1) is 2.64. The molecule has 1 radical (unpaired) electrons. The van der Waals surface area contributed by atoms with E-state index in [0.29, 0.717) is 0 Å². The van der Waals surface area contributed by atoms with Crippen molar-refractivity contribution in [1.29, 1.82) is 0 Å². The maximum absolute atomic E-state index is 9.54. The molecule has 0 spiro atoms. The summed E-state index contributed by atoms with van der Waals surface area (Å²) in [7, 11) is 0. The largest absolute Gasteiger partial charge is 0.476 e. The van der Waals surface area contributed by atoms with Gasteiger partial charge >= 0.3 is 5.97 Å². The summed E-state index contributed by atoms with van der Waals surface area (Å²) in [5.74, 6) is -2.20. The number of hydrogen-bond acceptors (Lipinski definition) is 2. The molecular weight excluding hydrogens is 108 g/mol. The van der Waals surface area contributed by atoms with E-state index in [-0.39, 0.29) is 29.6 Å². The maximum Gasteiger partial charge on any atom is 0.371 e. The van der Waals surface area contributed by atoms with Gasteiger partial charge in [-0.15, -0.1) is 0 Å². The third-order valence-corrected chi connectivity index (χ3v) is 0.301. The van der Waals surface area contributed by atoms with Gasteiger partial charge in [0, 0.05) is 36.5 Å². The summed E-state index contributed by atoms with van der Waals surface area (Å²) in [6.07, 6.45) is 0. The third-order valence-electron chi connectivity index (χ3n) is 0.301. The Bertz CT molecular complexity index is 76.2. The summed E-state index contributed by atoms with van der Waals surface area (Å²) < 4.78 is 0. The quantitative estimate of drug-likeness (QED) is 0.276. The van der Waals surface area contributed by atoms with E-state index < -0.39 is 11.8 Å². The molecule has 0 amide bonds. The van der Waals surface area contributed by atoms with E-state index in [0.717, 1.165) is 6.92 Å². The molecule has 0 saturated heterocycles. The van der Waals surface area contributed by atoms with E-state index in [2.05, 4.69) is 0 Å². The minimum absolute atomic E-state index is 0. The van der Waals surface area contributed by atoms with Gasteiger partial charge in [0.25, 0.3) is 0 Å². The fourth-order valence-electron chi connectivity index (χ4n) is 0. The maximum atomic E-state index is 9.54. The van der Waals surface area contributed by atoms with Gasteiger partial charge in [-0.2, -0.15) is 0 Å². The SMILES string of the molecule is [13CH3]C(=O)C(=O)O.[Na]. The van der Waals surface area contributed by atoms with Gasteiger partial charge in [0.2, 0.25) is 5.78 Å². The molecule has 0 fully saturated rings. The van der Waals surface area contributed by atoms with Crippen molar-refractivity contribution < 1.29 is 14.7 Å². The van der Waals surface area contributed by atoms with Gasteiger partial charge in [-0.3, -0.25) is 4.79 Å². The number of carbonyl (C=O) groups excluding carboxylic acids is 1. The van der Waals surface area contributed by atoms with Crippen LogP contribution < -0.4 is 0 Å². The molecule has 1 N–H and O–H groups in total. The monoisotopic (exact) mass is 112 g/mol. The summed E-state index contributed by atoms with van der Waals surface area (Å²) >= 11 is 0. The third kappa shape index (κ3) is 6.14. The van der Waals surface area contributed by atoms with Crippen molar-refractivity contribution in [3.8, 4) is 0 Å². The van der Waals surface area contributed by atoms with E-state index in [1.807, 2.05) is 0 Å². The van der Waals surface area contributed by atoms with Crippen LogP contribution in [0.4, 0.5) is 0 Å². The summed E-state index contributed by atoms with van der Waals surface area (Å²) in [5, 5.41) is 7.64. The molecule has 0 aliphatic heterocycles. The average Bonchev–Trinajstić information content (AvgIpc) is 1.36. The zero-order valence-electron chi connectivity index (χ0n) is 4.26. The fraction of sp³-hybridized carbons (Fsp3) is 0.333. The van der Waals surface area contributed by atoms with Crippen LogP contribution in [-0.2, 0) is 9.59 Å². The molecule has 4 heteroatoms. The molecule has 0 aromatic carbocycles. The predicted octanol–water partition coefficient (Wildman–Crippen LogP) is -0.721. The van der Waals surface area contributed by atoms with Gasteiger partial charge in [-0.05, 0) is 0 Å². The summed E-state index contributed by atoms with van der Waals surface area (Å²) in [4.78, 5) is 18.9. The van der Waals surface area contributed by atoms with E-state index in [4.69, 9.17) is 5.11 Å². The molecule has 35 valence electrons. The van der Waals surface area contributed by atoms with Crippen molar-refractivity contribution in [2.24, 2.45) is 0 Å². The van der Waals surface area contributed by atoms with Crippen LogP contribution in [0.1, 0.15) is 6.92 Å². The standard InChI is InChI=1S/C3H4O3.Na/c1-2(4)3(5)6;/h1H3,(H,5,6);/i1+1;. The van der Waals surface area contributed by atoms with Gasteiger partial charge < -0.3 is 5.11 Å². The van der Waals surface area contributed by atoms with Crippen molar-refractivity contribution in [1.82, 2.24) is 0 Å². The molecule has 0 rings (SSSR count). The number of carbonyl (C=O) groups is 2. The number of ketones is 1. The minimum atomic E-state index is -1.38. The molecule has 0 aliphatic carbocycles. The molecule has 3 nitrogen and oxygen atoms in total. The van der Waals surface area contributed by atoms with Crippen LogP contribution in [0.5, 0.6) is 0 Å². The van der Waals surface area contributed by atoms with E-state index in [1.54, 1.807) is 0 Å². The van der Waals surface area contributed by atoms with Gasteiger partial charge in [-0.1, -0.05) is 0 Å². The Balaban J connectivity index is 0. The molecule has 7 heavy (non-hydrogen) atoms. The second-order valence-electron chi connectivity index (χ2n) is 0.861. The molecule has 0 bridgehead atoms. The van der Waals surface area contributed by atoms with E-state index in [1.165, 1.54) is 0 Å². The zero-order valence-corrected chi connectivity index (χ0v) is 6.26. The first-order valence-electron chi connectivity index (χ1n) is 1.38. The average molecular weight is 112 g/mol. The summed E-state index contributed by atoms with van der Waals surface area (Å²) in [5.41, 5.74) is 0. The van der Waals surface area contributed by atoms with Crippen LogP contribution >= 0.6 is 0 Å². The summed E-state index contributed by atoms with van der Waals surface area (Å²) in [6.45, 7) is 1.00. The van der Waals surface area contributed by atoms with Crippen LogP contribution in [0.25, 0.3) is 0 Å². The molecule has 0 atom stereocenters. The normalized spacial score (nSPS) is 6.43. The number of carboxylic acids is 1. The molecule has 0 heterocycles. The topological polar surface area (TPSA) is 54.4 Å². The van der Waals surface area contributed by atoms with Crippen LogP contribution in [-0.4, -0.2) is 46.4 Å². The Morgan fingerprint density at radius 2 is 1.57 bits per heavy atom. The number of aliphatic carboxylic acids is 1. The Kier molecular flexibility index (Phi) is 6.26. The summed E-state index contributed by atoms with van der Waals surface area (Å²) in [6, 6.07) is 0. The first kappa shape index (κ1) is 10.2. The van der Waals surface area contributed by atoms with E-state index in [9.17, 15) is 9.59 Å². The van der Waals surface area contributed by atoms with Crippen LogP contribution in [0.2, 0.25) is 0 Å². The van der Waals surface area contributed by atoms with Crippen molar-refractivity contribution >= 4 is 41.3 Å². The predicted molar refractivity (Wildman–Crippen MR) is 24.1 cm³/mol. The molecule has 0 unspecified atom stereocenters. The Morgan fingerprint density at radius 1 is 1.43 bits per heavy atom. The van der Waals surface area contributed by atoms with Gasteiger partial charge in [0.15, 0.2) is 0 Å². The number of carboxylic acid groups (broad SMARTS) is 1. The second-order valence-corrected chi connectivity index (χ2v) is 0.861. The van der Waals surface area contributed by atoms with Gasteiger partial charge in [0.05, 0.1) is 0 Å². The van der Waals surface area contributed by atoms with Crippen molar-refractivity contribution in [2.45, 2.75) is 6.92 Å². The van der Waals surface area contributed by atoms with Crippen molar-refractivity contribution in [3.63, 3.8) is 0 Å². The molecule has 0 aromatic heterocycles. The Hall–Kier alpha value is 0.140. The smallest absolute Gasteiger partial charge is 0.371 e. The molecule has 0 saturated carbocycles. The molecule has 0 aliphatic rings. The number of Topliss-reactive ketones (excluding diaryl/α,β-unsaturated/α-hetero) is 1. The first-order valence-corrected chi connectivity index (χ1v) is 1.38. The Morgan fingerprint density at radius 3 is 1.57 bits per heavy atom. The van der Waals surface area contributed by atoms with E-state index >= 15 is 0 Å². The molecular formula is C3H4NaO3. The fourth-order valence-corrected chi connectivity index (χ4v) is 0. The number of hydrogen-bond donors (Lipinski definition) is 1. The van der Waals surface area contributed by atoms with Crippen LogP contribution in [0.3, 0.4) is 0 Å². The minimum Gasteiger partial charge on any atom is -0.476 e. The van der Waals surface area contributed by atoms with Crippen LogP contribution in [0.15, 0.2) is 0 Å². The second kappa shape index (κ2) is 4.30. The molecule has 0 aromatic rings. The van der Waals surface area contributed by atoms with Crippen molar-refractivity contribution in [3.05, 3.63) is 0 Å². The van der Waals surface area contributed by atoms with Crippen molar-refractivity contribution in [2.75, 3.05) is 0 Å². The zero-order chi connectivity index (χ0) is 5.15.